The number of nitrogens with zero attached hydrogens (tertiary/aromatic N) is 3. The van der Waals surface area contributed by atoms with Crippen LogP contribution in [0, 0.1) is 6.92 Å². The van der Waals surface area contributed by atoms with Crippen molar-refractivity contribution in [3.8, 4) is 0 Å². The third-order valence-electron chi connectivity index (χ3n) is 1.82. The minimum Gasteiger partial charge on any atom is -0.398 e. The van der Waals surface area contributed by atoms with E-state index in [1.165, 1.54) is 4.85 Å². The first-order valence-corrected chi connectivity index (χ1v) is 3.68. The average molecular weight is 163 g/mol. The maximum absolute atomic E-state index is 4.97. The van der Waals surface area contributed by atoms with Gasteiger partial charge in [-0.05, 0) is 23.8 Å². The lowest BCUT2D eigenvalue weighted by atomic mass is 10.2. The molecule has 0 saturated carbocycles. The van der Waals surface area contributed by atoms with Gasteiger partial charge >= 0.3 is 0 Å². The zero-order chi connectivity index (χ0) is 8.55. The lowest BCUT2D eigenvalue weighted by Crippen LogP contribution is -2.06. The molecule has 4 nitrogen and oxygen atoms in total. The van der Waals surface area contributed by atoms with Crippen LogP contribution < -0.4 is 4.84 Å². The van der Waals surface area contributed by atoms with Gasteiger partial charge in [-0.3, -0.25) is 0 Å². The number of hydrogen-bond acceptors (Lipinski definition) is 3. The molecular weight excluding hydrogens is 154 g/mol. The minimum atomic E-state index is 0.888. The summed E-state index contributed by atoms with van der Waals surface area (Å²) in [7, 11) is 1.57. The fourth-order valence-electron chi connectivity index (χ4n) is 1.20. The van der Waals surface area contributed by atoms with Gasteiger partial charge in [-0.25, -0.2) is 0 Å². The molecule has 0 radical (unpaired) electrons. The Hall–Kier alpha value is -1.58. The molecule has 62 valence electrons. The highest BCUT2D eigenvalue weighted by Gasteiger charge is 2.04. The zero-order valence-electron chi connectivity index (χ0n) is 6.98. The monoisotopic (exact) mass is 163 g/mol. The van der Waals surface area contributed by atoms with E-state index in [-0.39, 0.29) is 0 Å². The van der Waals surface area contributed by atoms with E-state index in [1.54, 1.807) is 7.11 Å². The molecule has 0 atom stereocenters. The van der Waals surface area contributed by atoms with Gasteiger partial charge in [-0.2, -0.15) is 0 Å². The maximum atomic E-state index is 4.97. The van der Waals surface area contributed by atoms with Crippen molar-refractivity contribution in [2.45, 2.75) is 6.92 Å². The molecule has 0 N–H and O–H groups in total. The van der Waals surface area contributed by atoms with Crippen molar-refractivity contribution in [1.82, 2.24) is 15.2 Å². The first-order valence-electron chi connectivity index (χ1n) is 3.68. The number of aromatic nitrogens is 3. The summed E-state index contributed by atoms with van der Waals surface area (Å²) < 4.78 is 0. The molecule has 1 aromatic heterocycles. The van der Waals surface area contributed by atoms with Crippen molar-refractivity contribution in [3.05, 3.63) is 23.8 Å². The quantitative estimate of drug-likeness (QED) is 0.624. The molecule has 2 rings (SSSR count). The summed E-state index contributed by atoms with van der Waals surface area (Å²) in [4.78, 5) is 6.37. The van der Waals surface area contributed by atoms with Crippen LogP contribution in [0.5, 0.6) is 0 Å². The topological polar surface area (TPSA) is 39.9 Å². The molecule has 0 bridgehead atoms. The predicted molar refractivity (Wildman–Crippen MR) is 44.8 cm³/mol. The molecule has 0 fully saturated rings. The van der Waals surface area contributed by atoms with E-state index in [2.05, 4.69) is 10.3 Å². The molecule has 4 heteroatoms. The normalized spacial score (nSPS) is 10.5. The standard InChI is InChI=1S/C8H9N3O/c1-6-4-3-5-7-8(6)9-10-11(7)12-2/h3-5H,1-2H3. The van der Waals surface area contributed by atoms with Crippen LogP contribution in [0.4, 0.5) is 0 Å². The highest BCUT2D eigenvalue weighted by Crippen LogP contribution is 2.13. The van der Waals surface area contributed by atoms with E-state index in [1.807, 2.05) is 25.1 Å². The minimum absolute atomic E-state index is 0.888. The molecule has 0 unspecified atom stereocenters. The van der Waals surface area contributed by atoms with Crippen LogP contribution in [-0.4, -0.2) is 22.3 Å². The molecule has 0 saturated heterocycles. The van der Waals surface area contributed by atoms with Crippen molar-refractivity contribution in [1.29, 1.82) is 0 Å². The number of fused-ring (bicyclic) bond motifs is 1. The summed E-state index contributed by atoms with van der Waals surface area (Å²) in [6.07, 6.45) is 0. The summed E-state index contributed by atoms with van der Waals surface area (Å²) in [5, 5.41) is 7.80. The smallest absolute Gasteiger partial charge is 0.131 e. The lowest BCUT2D eigenvalue weighted by molar-refractivity contribution is 0.139. The molecule has 0 aliphatic heterocycles. The Labute approximate surface area is 69.7 Å². The molecule has 1 heterocycles. The Morgan fingerprint density at radius 3 is 3.00 bits per heavy atom. The first-order chi connectivity index (χ1) is 5.83. The van der Waals surface area contributed by atoms with Crippen LogP contribution in [0.25, 0.3) is 11.0 Å². The van der Waals surface area contributed by atoms with Crippen molar-refractivity contribution in [2.24, 2.45) is 0 Å². The van der Waals surface area contributed by atoms with Gasteiger partial charge in [0, 0.05) is 0 Å². The molecule has 2 aromatic rings. The van der Waals surface area contributed by atoms with E-state index >= 15 is 0 Å². The van der Waals surface area contributed by atoms with Crippen molar-refractivity contribution in [3.63, 3.8) is 0 Å². The molecule has 0 aliphatic rings. The number of rotatable bonds is 1. The van der Waals surface area contributed by atoms with Gasteiger partial charge in [0.1, 0.15) is 18.1 Å². The third kappa shape index (κ3) is 0.845. The zero-order valence-corrected chi connectivity index (χ0v) is 6.98. The SMILES string of the molecule is COn1nnc2c(C)cccc21. The highest BCUT2D eigenvalue weighted by molar-refractivity contribution is 5.77. The largest absolute Gasteiger partial charge is 0.398 e. The fourth-order valence-corrected chi connectivity index (χ4v) is 1.20. The summed E-state index contributed by atoms with van der Waals surface area (Å²) >= 11 is 0. The van der Waals surface area contributed by atoms with Crippen LogP contribution in [0.15, 0.2) is 18.2 Å². The molecular formula is C8H9N3O. The second-order valence-electron chi connectivity index (χ2n) is 2.59. The van der Waals surface area contributed by atoms with Crippen LogP contribution >= 0.6 is 0 Å². The maximum Gasteiger partial charge on any atom is 0.131 e. The van der Waals surface area contributed by atoms with Crippen LogP contribution in [0.1, 0.15) is 5.56 Å². The average Bonchev–Trinajstić information content (AvgIpc) is 2.49. The van der Waals surface area contributed by atoms with E-state index in [9.17, 15) is 0 Å². The van der Waals surface area contributed by atoms with Gasteiger partial charge in [0.25, 0.3) is 0 Å². The molecule has 0 spiro atoms. The first kappa shape index (κ1) is 7.09. The molecule has 0 amide bonds. The number of benzene rings is 1. The van der Waals surface area contributed by atoms with Crippen molar-refractivity contribution >= 4 is 11.0 Å². The Morgan fingerprint density at radius 1 is 1.42 bits per heavy atom. The summed E-state index contributed by atoms with van der Waals surface area (Å²) in [6.45, 7) is 2.00. The Morgan fingerprint density at radius 2 is 2.25 bits per heavy atom. The van der Waals surface area contributed by atoms with E-state index in [0.29, 0.717) is 0 Å². The lowest BCUT2D eigenvalue weighted by Gasteiger charge is -1.97. The Bertz CT molecular complexity index is 408. The summed E-state index contributed by atoms with van der Waals surface area (Å²) in [5.41, 5.74) is 2.90. The number of aryl methyl sites for hydroxylation is 1. The van der Waals surface area contributed by atoms with Gasteiger partial charge in [0.05, 0.1) is 0 Å². The summed E-state index contributed by atoms with van der Waals surface area (Å²) in [5.74, 6) is 0. The van der Waals surface area contributed by atoms with Gasteiger partial charge in [-0.15, -0.1) is 5.10 Å². The van der Waals surface area contributed by atoms with E-state index < -0.39 is 0 Å². The van der Waals surface area contributed by atoms with Gasteiger partial charge in [0.2, 0.25) is 0 Å². The van der Waals surface area contributed by atoms with Crippen LogP contribution in [0.2, 0.25) is 0 Å². The molecule has 0 aliphatic carbocycles. The Balaban J connectivity index is 2.80. The number of hydrogen-bond donors (Lipinski definition) is 0. The Kier molecular flexibility index (Phi) is 1.46. The second-order valence-corrected chi connectivity index (χ2v) is 2.59. The third-order valence-corrected chi connectivity index (χ3v) is 1.82. The van der Waals surface area contributed by atoms with Gasteiger partial charge < -0.3 is 4.84 Å². The van der Waals surface area contributed by atoms with Crippen molar-refractivity contribution < 1.29 is 4.84 Å². The fraction of sp³-hybridized carbons (Fsp3) is 0.250. The second kappa shape index (κ2) is 2.48. The van der Waals surface area contributed by atoms with Gasteiger partial charge in [0.15, 0.2) is 0 Å². The summed E-state index contributed by atoms with van der Waals surface area (Å²) in [6, 6.07) is 5.87. The van der Waals surface area contributed by atoms with Crippen molar-refractivity contribution in [2.75, 3.05) is 7.11 Å². The molecule has 12 heavy (non-hydrogen) atoms. The molecule has 1 aromatic carbocycles. The van der Waals surface area contributed by atoms with Crippen LogP contribution in [0.3, 0.4) is 0 Å². The van der Waals surface area contributed by atoms with E-state index in [4.69, 9.17) is 4.84 Å². The van der Waals surface area contributed by atoms with Gasteiger partial charge in [-0.1, -0.05) is 17.0 Å². The highest BCUT2D eigenvalue weighted by atomic mass is 16.7. The van der Waals surface area contributed by atoms with E-state index in [0.717, 1.165) is 16.6 Å². The predicted octanol–water partition coefficient (Wildman–Crippen LogP) is 0.798. The van der Waals surface area contributed by atoms with Crippen LogP contribution in [-0.2, 0) is 0 Å².